The monoisotopic (exact) mass is 300 g/mol. The fraction of sp³-hybridized carbons (Fsp3) is 0.556. The van der Waals surface area contributed by atoms with Gasteiger partial charge in [-0.05, 0) is 45.2 Å². The fourth-order valence-electron chi connectivity index (χ4n) is 2.80. The smallest absolute Gasteiger partial charge is 0.227 e. The summed E-state index contributed by atoms with van der Waals surface area (Å²) in [4.78, 5) is 14.3. The third kappa shape index (κ3) is 4.57. The second-order valence-electron chi connectivity index (χ2n) is 5.97. The predicted molar refractivity (Wildman–Crippen MR) is 86.6 cm³/mol. The van der Waals surface area contributed by atoms with Crippen molar-refractivity contribution in [3.05, 3.63) is 29.8 Å². The van der Waals surface area contributed by atoms with Gasteiger partial charge in [-0.3, -0.25) is 4.79 Å². The largest absolute Gasteiger partial charge is 0.375 e. The van der Waals surface area contributed by atoms with Crippen molar-refractivity contribution in [2.75, 3.05) is 11.4 Å². The first-order valence-corrected chi connectivity index (χ1v) is 7.99. The van der Waals surface area contributed by atoms with E-state index in [1.165, 1.54) is 0 Å². The van der Waals surface area contributed by atoms with Crippen LogP contribution in [-0.4, -0.2) is 24.7 Å². The Bertz CT molecular complexity index is 533. The van der Waals surface area contributed by atoms with Crippen molar-refractivity contribution in [1.29, 1.82) is 5.26 Å². The number of amides is 1. The van der Waals surface area contributed by atoms with Gasteiger partial charge in [-0.1, -0.05) is 17.7 Å². The number of nitriles is 1. The van der Waals surface area contributed by atoms with E-state index in [2.05, 4.69) is 13.0 Å². The average Bonchev–Trinajstić information content (AvgIpc) is 2.93. The van der Waals surface area contributed by atoms with Crippen molar-refractivity contribution >= 4 is 11.6 Å². The number of carbonyl (C=O) groups is 1. The van der Waals surface area contributed by atoms with Gasteiger partial charge < -0.3 is 9.64 Å². The molecule has 2 unspecified atom stereocenters. The zero-order valence-corrected chi connectivity index (χ0v) is 13.4. The molecule has 2 atom stereocenters. The summed E-state index contributed by atoms with van der Waals surface area (Å²) in [5.74, 6) is 0.0715. The van der Waals surface area contributed by atoms with Crippen LogP contribution in [0.1, 0.15) is 44.6 Å². The normalized spacial score (nSPS) is 20.6. The molecule has 4 heteroatoms. The highest BCUT2D eigenvalue weighted by Gasteiger charge is 2.24. The zero-order chi connectivity index (χ0) is 15.9. The summed E-state index contributed by atoms with van der Waals surface area (Å²) in [5, 5.41) is 8.81. The molecule has 1 saturated heterocycles. The first-order chi connectivity index (χ1) is 10.6. The summed E-state index contributed by atoms with van der Waals surface area (Å²) in [6.45, 7) is 4.54. The van der Waals surface area contributed by atoms with E-state index in [0.717, 1.165) is 30.5 Å². The molecule has 1 fully saturated rings. The summed E-state index contributed by atoms with van der Waals surface area (Å²) in [5.41, 5.74) is 2.02. The van der Waals surface area contributed by atoms with Crippen LogP contribution in [0, 0.1) is 18.3 Å². The maximum absolute atomic E-state index is 12.5. The molecule has 0 aliphatic carbocycles. The molecule has 0 N–H and O–H groups in total. The third-order valence-corrected chi connectivity index (χ3v) is 4.09. The van der Waals surface area contributed by atoms with Gasteiger partial charge in [0.15, 0.2) is 0 Å². The number of benzene rings is 1. The highest BCUT2D eigenvalue weighted by atomic mass is 16.5. The second-order valence-corrected chi connectivity index (χ2v) is 5.97. The Morgan fingerprint density at radius 1 is 1.36 bits per heavy atom. The Hall–Kier alpha value is -1.86. The van der Waals surface area contributed by atoms with Gasteiger partial charge in [-0.2, -0.15) is 5.26 Å². The molecule has 2 rings (SSSR count). The Morgan fingerprint density at radius 2 is 2.09 bits per heavy atom. The van der Waals surface area contributed by atoms with Crippen molar-refractivity contribution in [1.82, 2.24) is 0 Å². The molecule has 0 saturated carbocycles. The summed E-state index contributed by atoms with van der Waals surface area (Å²) < 4.78 is 5.77. The van der Waals surface area contributed by atoms with Gasteiger partial charge in [0.1, 0.15) is 0 Å². The molecule has 1 aliphatic rings. The van der Waals surface area contributed by atoms with Gasteiger partial charge in [-0.15, -0.1) is 0 Å². The topological polar surface area (TPSA) is 53.3 Å². The molecule has 0 aromatic heterocycles. The number of hydrogen-bond acceptors (Lipinski definition) is 3. The number of hydrogen-bond donors (Lipinski definition) is 0. The summed E-state index contributed by atoms with van der Waals surface area (Å²) in [6.07, 6.45) is 4.21. The minimum Gasteiger partial charge on any atom is -0.375 e. The molecular weight excluding hydrogens is 276 g/mol. The summed E-state index contributed by atoms with van der Waals surface area (Å²) in [7, 11) is 0. The lowest BCUT2D eigenvalue weighted by molar-refractivity contribution is -0.119. The number of nitrogens with zero attached hydrogens (tertiary/aromatic N) is 2. The fourth-order valence-corrected chi connectivity index (χ4v) is 2.80. The lowest BCUT2D eigenvalue weighted by atomic mass is 10.1. The van der Waals surface area contributed by atoms with Crippen LogP contribution in [0.2, 0.25) is 0 Å². The van der Waals surface area contributed by atoms with E-state index in [-0.39, 0.29) is 12.0 Å². The van der Waals surface area contributed by atoms with E-state index in [9.17, 15) is 4.79 Å². The molecule has 0 spiro atoms. The molecular formula is C18H24N2O2. The van der Waals surface area contributed by atoms with Crippen LogP contribution in [0.3, 0.4) is 0 Å². The second kappa shape index (κ2) is 7.95. The summed E-state index contributed by atoms with van der Waals surface area (Å²) >= 11 is 0. The molecule has 1 aromatic carbocycles. The molecule has 1 aliphatic heterocycles. The van der Waals surface area contributed by atoms with E-state index in [0.29, 0.717) is 25.5 Å². The van der Waals surface area contributed by atoms with Crippen LogP contribution < -0.4 is 4.90 Å². The van der Waals surface area contributed by atoms with Crippen LogP contribution in [0.15, 0.2) is 24.3 Å². The van der Waals surface area contributed by atoms with E-state index in [1.54, 1.807) is 4.90 Å². The van der Waals surface area contributed by atoms with Gasteiger partial charge >= 0.3 is 0 Å². The van der Waals surface area contributed by atoms with E-state index in [1.807, 2.05) is 31.2 Å². The molecule has 22 heavy (non-hydrogen) atoms. The Morgan fingerprint density at radius 3 is 2.68 bits per heavy atom. The van der Waals surface area contributed by atoms with Gasteiger partial charge in [0, 0.05) is 18.7 Å². The molecule has 1 amide bonds. The minimum absolute atomic E-state index is 0.0715. The first kappa shape index (κ1) is 16.5. The number of carbonyl (C=O) groups excluding carboxylic acids is 1. The predicted octanol–water partition coefficient (Wildman–Crippen LogP) is 3.59. The zero-order valence-electron chi connectivity index (χ0n) is 13.4. The lowest BCUT2D eigenvalue weighted by Gasteiger charge is -2.23. The van der Waals surface area contributed by atoms with Gasteiger partial charge in [0.05, 0.1) is 24.7 Å². The van der Waals surface area contributed by atoms with Crippen molar-refractivity contribution in [3.8, 4) is 6.07 Å². The van der Waals surface area contributed by atoms with Crippen molar-refractivity contribution < 1.29 is 9.53 Å². The van der Waals surface area contributed by atoms with Crippen molar-refractivity contribution in [3.63, 3.8) is 0 Å². The molecule has 4 nitrogen and oxygen atoms in total. The minimum atomic E-state index is 0.0715. The van der Waals surface area contributed by atoms with E-state index >= 15 is 0 Å². The maximum Gasteiger partial charge on any atom is 0.227 e. The number of aryl methyl sites for hydroxylation is 1. The molecule has 118 valence electrons. The number of rotatable bonds is 6. The Labute approximate surface area is 132 Å². The van der Waals surface area contributed by atoms with Gasteiger partial charge in [0.2, 0.25) is 5.91 Å². The molecule has 1 aromatic rings. The molecule has 0 radical (unpaired) electrons. The number of anilines is 1. The van der Waals surface area contributed by atoms with Crippen molar-refractivity contribution in [2.24, 2.45) is 0 Å². The quantitative estimate of drug-likeness (QED) is 0.806. The first-order valence-electron chi connectivity index (χ1n) is 7.99. The Balaban J connectivity index is 1.96. The maximum atomic E-state index is 12.5. The van der Waals surface area contributed by atoms with Gasteiger partial charge in [0.25, 0.3) is 0 Å². The number of ether oxygens (including phenoxy) is 1. The third-order valence-electron chi connectivity index (χ3n) is 4.09. The van der Waals surface area contributed by atoms with Crippen LogP contribution in [-0.2, 0) is 9.53 Å². The van der Waals surface area contributed by atoms with Crippen LogP contribution in [0.25, 0.3) is 0 Å². The summed E-state index contributed by atoms with van der Waals surface area (Å²) in [6, 6.07) is 9.98. The average molecular weight is 300 g/mol. The van der Waals surface area contributed by atoms with Crippen LogP contribution in [0.4, 0.5) is 5.69 Å². The molecule has 1 heterocycles. The van der Waals surface area contributed by atoms with E-state index in [4.69, 9.17) is 10.00 Å². The van der Waals surface area contributed by atoms with Crippen LogP contribution in [0.5, 0.6) is 0 Å². The highest BCUT2D eigenvalue weighted by Crippen LogP contribution is 2.24. The van der Waals surface area contributed by atoms with Gasteiger partial charge in [-0.25, -0.2) is 0 Å². The highest BCUT2D eigenvalue weighted by molar-refractivity contribution is 5.93. The van der Waals surface area contributed by atoms with E-state index < -0.39 is 0 Å². The SMILES string of the molecule is Cc1ccc(N(CCC#N)C(=O)CCC2CCC(C)O2)cc1. The van der Waals surface area contributed by atoms with Crippen molar-refractivity contribution in [2.45, 2.75) is 58.2 Å². The Kier molecular flexibility index (Phi) is 5.97. The lowest BCUT2D eigenvalue weighted by Crippen LogP contribution is -2.32. The van der Waals surface area contributed by atoms with Crippen LogP contribution >= 0.6 is 0 Å². The standard InChI is InChI=1S/C18H24N2O2/c1-14-4-7-16(8-5-14)20(13-3-12-19)18(21)11-10-17-9-6-15(2)22-17/h4-5,7-8,15,17H,3,6,9-11,13H2,1-2H3. The molecule has 0 bridgehead atoms.